The highest BCUT2D eigenvalue weighted by molar-refractivity contribution is 5.97. The summed E-state index contributed by atoms with van der Waals surface area (Å²) >= 11 is 0. The van der Waals surface area contributed by atoms with Crippen LogP contribution in [0.25, 0.3) is 0 Å². The van der Waals surface area contributed by atoms with Crippen LogP contribution in [0.4, 0.5) is 11.4 Å². The fourth-order valence-corrected chi connectivity index (χ4v) is 3.42. The molecule has 0 saturated heterocycles. The van der Waals surface area contributed by atoms with Gasteiger partial charge < -0.3 is 20.9 Å². The molecule has 0 unspecified atom stereocenters. The zero-order chi connectivity index (χ0) is 19.2. The molecule has 1 aliphatic heterocycles. The average molecular weight is 354 g/mol. The Balaban J connectivity index is 2.01. The zero-order valence-electron chi connectivity index (χ0n) is 16.0. The molecule has 0 saturated carbocycles. The van der Waals surface area contributed by atoms with E-state index in [0.717, 1.165) is 40.8 Å². The lowest BCUT2D eigenvalue weighted by Gasteiger charge is -2.35. The van der Waals surface area contributed by atoms with Gasteiger partial charge in [-0.25, -0.2) is 4.79 Å². The van der Waals surface area contributed by atoms with Gasteiger partial charge in [-0.15, -0.1) is 0 Å². The van der Waals surface area contributed by atoms with Crippen molar-refractivity contribution >= 4 is 17.3 Å². The summed E-state index contributed by atoms with van der Waals surface area (Å²) in [6, 6.07) is 4.79. The van der Waals surface area contributed by atoms with Gasteiger partial charge in [0.25, 0.3) is 0 Å². The van der Waals surface area contributed by atoms with Crippen LogP contribution in [-0.4, -0.2) is 11.6 Å². The van der Waals surface area contributed by atoms with E-state index in [1.54, 1.807) is 18.2 Å². The minimum Gasteiger partial charge on any atom is -0.487 e. The quantitative estimate of drug-likeness (QED) is 0.482. The van der Waals surface area contributed by atoms with Gasteiger partial charge in [0.05, 0.1) is 5.56 Å². The first-order valence-electron chi connectivity index (χ1n) is 8.79. The van der Waals surface area contributed by atoms with Gasteiger partial charge in [0, 0.05) is 16.9 Å². The third kappa shape index (κ3) is 3.09. The van der Waals surface area contributed by atoms with Crippen molar-refractivity contribution in [1.29, 1.82) is 0 Å². The lowest BCUT2D eigenvalue weighted by Crippen LogP contribution is -2.33. The van der Waals surface area contributed by atoms with Gasteiger partial charge in [-0.05, 0) is 82.3 Å². The second kappa shape index (κ2) is 6.24. The second-order valence-corrected chi connectivity index (χ2v) is 7.61. The summed E-state index contributed by atoms with van der Waals surface area (Å²) in [6.07, 6.45) is 1.81. The Hall–Kier alpha value is -2.69. The number of rotatable bonds is 2. The van der Waals surface area contributed by atoms with E-state index in [-0.39, 0.29) is 5.60 Å². The van der Waals surface area contributed by atoms with Crippen molar-refractivity contribution in [3.05, 3.63) is 46.0 Å². The van der Waals surface area contributed by atoms with Crippen LogP contribution < -0.4 is 20.9 Å². The first-order chi connectivity index (χ1) is 12.1. The molecule has 26 heavy (non-hydrogen) atoms. The second-order valence-electron chi connectivity index (χ2n) is 7.61. The molecule has 4 N–H and O–H groups in total. The highest BCUT2D eigenvalue weighted by atomic mass is 16.5. The van der Waals surface area contributed by atoms with Crippen molar-refractivity contribution < 1.29 is 14.3 Å². The third-order valence-corrected chi connectivity index (χ3v) is 5.16. The van der Waals surface area contributed by atoms with Crippen LogP contribution in [0, 0.1) is 20.8 Å². The molecule has 0 aromatic heterocycles. The van der Waals surface area contributed by atoms with E-state index in [1.807, 2.05) is 20.8 Å². The van der Waals surface area contributed by atoms with Crippen LogP contribution in [0.1, 0.15) is 52.9 Å². The minimum atomic E-state index is -0.481. The highest BCUT2D eigenvalue weighted by Crippen LogP contribution is 2.43. The number of ether oxygens (including phenoxy) is 2. The average Bonchev–Trinajstić information content (AvgIpc) is 2.55. The predicted octanol–water partition coefficient (Wildman–Crippen LogP) is 4.10. The maximum atomic E-state index is 12.7. The van der Waals surface area contributed by atoms with E-state index in [4.69, 9.17) is 20.9 Å². The van der Waals surface area contributed by atoms with Gasteiger partial charge >= 0.3 is 5.97 Å². The molecule has 0 bridgehead atoms. The summed E-state index contributed by atoms with van der Waals surface area (Å²) < 4.78 is 12.0. The predicted molar refractivity (Wildman–Crippen MR) is 104 cm³/mol. The first-order valence-corrected chi connectivity index (χ1v) is 8.79. The maximum Gasteiger partial charge on any atom is 0.345 e. The lowest BCUT2D eigenvalue weighted by molar-refractivity contribution is 0.0723. The summed E-state index contributed by atoms with van der Waals surface area (Å²) in [6.45, 7) is 10.1. The number of fused-ring (bicyclic) bond motifs is 1. The van der Waals surface area contributed by atoms with Crippen molar-refractivity contribution in [2.24, 2.45) is 0 Å². The van der Waals surface area contributed by atoms with Crippen LogP contribution >= 0.6 is 0 Å². The Kier molecular flexibility index (Phi) is 4.34. The number of benzene rings is 2. The van der Waals surface area contributed by atoms with E-state index >= 15 is 0 Å². The Morgan fingerprint density at radius 1 is 1.12 bits per heavy atom. The Morgan fingerprint density at radius 2 is 1.81 bits per heavy atom. The van der Waals surface area contributed by atoms with Crippen LogP contribution in [0.5, 0.6) is 11.5 Å². The summed E-state index contributed by atoms with van der Waals surface area (Å²) in [5, 5.41) is 0. The standard InChI is InChI=1S/C21H26N2O3/c1-11-12(2)19-15(8-9-21(4,5)26-19)13(3)18(11)25-20(24)16-7-6-14(22)10-17(16)23/h6-7,10H,8-9,22-23H2,1-5H3. The zero-order valence-corrected chi connectivity index (χ0v) is 16.0. The Morgan fingerprint density at radius 3 is 2.46 bits per heavy atom. The molecule has 0 amide bonds. The first kappa shape index (κ1) is 18.1. The monoisotopic (exact) mass is 354 g/mol. The maximum absolute atomic E-state index is 12.7. The number of anilines is 2. The molecule has 5 nitrogen and oxygen atoms in total. The van der Waals surface area contributed by atoms with Crippen LogP contribution in [0.15, 0.2) is 18.2 Å². The SMILES string of the molecule is Cc1c(C)c2c(c(C)c1OC(=O)c1ccc(N)cc1N)CCC(C)(C)O2. The number of hydrogen-bond acceptors (Lipinski definition) is 5. The van der Waals surface area contributed by atoms with E-state index < -0.39 is 5.97 Å². The smallest absolute Gasteiger partial charge is 0.345 e. The summed E-state index contributed by atoms with van der Waals surface area (Å²) in [4.78, 5) is 12.7. The Bertz CT molecular complexity index is 901. The fraction of sp³-hybridized carbons (Fsp3) is 0.381. The Labute approximate surface area is 154 Å². The van der Waals surface area contributed by atoms with E-state index in [1.165, 1.54) is 0 Å². The van der Waals surface area contributed by atoms with Gasteiger partial charge in [-0.1, -0.05) is 0 Å². The number of esters is 1. The van der Waals surface area contributed by atoms with E-state index in [0.29, 0.717) is 22.7 Å². The molecule has 0 atom stereocenters. The van der Waals surface area contributed by atoms with Crippen molar-refractivity contribution in [3.8, 4) is 11.5 Å². The van der Waals surface area contributed by atoms with Crippen molar-refractivity contribution in [2.45, 2.75) is 53.1 Å². The summed E-state index contributed by atoms with van der Waals surface area (Å²) in [5.74, 6) is 1.03. The van der Waals surface area contributed by atoms with Crippen molar-refractivity contribution in [2.75, 3.05) is 11.5 Å². The van der Waals surface area contributed by atoms with Crippen molar-refractivity contribution in [3.63, 3.8) is 0 Å². The molecule has 0 radical (unpaired) electrons. The molecule has 138 valence electrons. The van der Waals surface area contributed by atoms with Crippen LogP contribution in [-0.2, 0) is 6.42 Å². The molecular formula is C21H26N2O3. The molecule has 1 aliphatic rings. The molecule has 1 heterocycles. The van der Waals surface area contributed by atoms with E-state index in [2.05, 4.69) is 13.8 Å². The van der Waals surface area contributed by atoms with Gasteiger partial charge in [-0.2, -0.15) is 0 Å². The number of nitrogens with two attached hydrogens (primary N) is 2. The molecule has 3 rings (SSSR count). The summed E-state index contributed by atoms with van der Waals surface area (Å²) in [5.41, 5.74) is 16.5. The van der Waals surface area contributed by atoms with Crippen molar-refractivity contribution in [1.82, 2.24) is 0 Å². The largest absolute Gasteiger partial charge is 0.487 e. The molecule has 2 aromatic carbocycles. The number of carbonyl (C=O) groups is 1. The number of nitrogen functional groups attached to an aromatic ring is 2. The van der Waals surface area contributed by atoms with Gasteiger partial charge in [0.2, 0.25) is 0 Å². The van der Waals surface area contributed by atoms with Gasteiger partial charge in [-0.3, -0.25) is 0 Å². The highest BCUT2D eigenvalue weighted by Gasteiger charge is 2.31. The third-order valence-electron chi connectivity index (χ3n) is 5.16. The normalized spacial score (nSPS) is 15.1. The van der Waals surface area contributed by atoms with Gasteiger partial charge in [0.1, 0.15) is 17.1 Å². The molecular weight excluding hydrogens is 328 g/mol. The van der Waals surface area contributed by atoms with Crippen LogP contribution in [0.3, 0.4) is 0 Å². The fourth-order valence-electron chi connectivity index (χ4n) is 3.42. The number of carbonyl (C=O) groups excluding carboxylic acids is 1. The summed E-state index contributed by atoms with van der Waals surface area (Å²) in [7, 11) is 0. The minimum absolute atomic E-state index is 0.187. The van der Waals surface area contributed by atoms with Crippen LogP contribution in [0.2, 0.25) is 0 Å². The molecule has 5 heteroatoms. The number of hydrogen-bond donors (Lipinski definition) is 2. The van der Waals surface area contributed by atoms with Gasteiger partial charge in [0.15, 0.2) is 0 Å². The topological polar surface area (TPSA) is 87.6 Å². The molecule has 0 spiro atoms. The molecule has 0 fully saturated rings. The molecule has 0 aliphatic carbocycles. The molecule has 2 aromatic rings. The lowest BCUT2D eigenvalue weighted by atomic mass is 9.88. The van der Waals surface area contributed by atoms with E-state index in [9.17, 15) is 4.79 Å².